The van der Waals surface area contributed by atoms with Crippen LogP contribution in [0, 0.1) is 6.92 Å². The number of rotatable bonds is 2. The predicted molar refractivity (Wildman–Crippen MR) is 51.8 cm³/mol. The fourth-order valence-corrected chi connectivity index (χ4v) is 1.15. The number of nitrogens with zero attached hydrogens (tertiary/aromatic N) is 1. The van der Waals surface area contributed by atoms with Crippen molar-refractivity contribution in [2.24, 2.45) is 0 Å². The van der Waals surface area contributed by atoms with Crippen LogP contribution in [0.3, 0.4) is 0 Å². The fraction of sp³-hybridized carbons (Fsp3) is 0.200. The third-order valence-electron chi connectivity index (χ3n) is 1.94. The Labute approximate surface area is 85.3 Å². The maximum Gasteiger partial charge on any atom is 0.346 e. The predicted octanol–water partition coefficient (Wildman–Crippen LogP) is 1.61. The van der Waals surface area contributed by atoms with E-state index >= 15 is 0 Å². The van der Waals surface area contributed by atoms with Gasteiger partial charge in [0.05, 0.1) is 18.9 Å². The molecule has 5 nitrogen and oxygen atoms in total. The lowest BCUT2D eigenvalue weighted by molar-refractivity contribution is 0.372. The van der Waals surface area contributed by atoms with E-state index in [0.29, 0.717) is 11.3 Å². The number of hydrogen-bond donors (Lipinski definition) is 0. The van der Waals surface area contributed by atoms with Gasteiger partial charge in [-0.25, -0.2) is 4.79 Å². The summed E-state index contributed by atoms with van der Waals surface area (Å²) in [6.45, 7) is 1.59. The molecule has 0 aliphatic carbocycles. The first-order chi connectivity index (χ1) is 7.22. The van der Waals surface area contributed by atoms with Crippen LogP contribution in [-0.4, -0.2) is 12.1 Å². The molecule has 78 valence electrons. The Balaban J connectivity index is 2.61. The highest BCUT2D eigenvalue weighted by molar-refractivity contribution is 5.44. The van der Waals surface area contributed by atoms with Crippen LogP contribution < -0.4 is 10.4 Å². The van der Waals surface area contributed by atoms with E-state index in [1.807, 2.05) is 0 Å². The molecule has 0 saturated carbocycles. The zero-order chi connectivity index (χ0) is 10.8. The zero-order valence-electron chi connectivity index (χ0n) is 8.31. The van der Waals surface area contributed by atoms with Crippen LogP contribution in [0.4, 0.5) is 0 Å². The lowest BCUT2D eigenvalue weighted by Gasteiger charge is -2.02. The monoisotopic (exact) mass is 207 g/mol. The molecule has 0 saturated heterocycles. The van der Waals surface area contributed by atoms with E-state index in [1.54, 1.807) is 19.1 Å². The Kier molecular flexibility index (Phi) is 2.29. The SMILES string of the molecule is COc1nc(-c2ccco2)oc(=O)c1C. The van der Waals surface area contributed by atoms with Crippen molar-refractivity contribution in [1.29, 1.82) is 0 Å². The van der Waals surface area contributed by atoms with E-state index in [0.717, 1.165) is 0 Å². The van der Waals surface area contributed by atoms with Gasteiger partial charge in [-0.1, -0.05) is 0 Å². The molecule has 2 aromatic heterocycles. The molecule has 0 radical (unpaired) electrons. The summed E-state index contributed by atoms with van der Waals surface area (Å²) in [5.41, 5.74) is -0.138. The van der Waals surface area contributed by atoms with Crippen molar-refractivity contribution >= 4 is 0 Å². The summed E-state index contributed by atoms with van der Waals surface area (Å²) in [6.07, 6.45) is 1.48. The van der Waals surface area contributed by atoms with Gasteiger partial charge in [-0.2, -0.15) is 4.98 Å². The van der Waals surface area contributed by atoms with Crippen LogP contribution in [0.1, 0.15) is 5.56 Å². The van der Waals surface area contributed by atoms with E-state index in [2.05, 4.69) is 4.98 Å². The Bertz CT molecular complexity index is 513. The summed E-state index contributed by atoms with van der Waals surface area (Å²) in [4.78, 5) is 15.4. The second kappa shape index (κ2) is 3.61. The Morgan fingerprint density at radius 3 is 2.87 bits per heavy atom. The maximum atomic E-state index is 11.4. The van der Waals surface area contributed by atoms with Crippen molar-refractivity contribution in [2.75, 3.05) is 7.11 Å². The van der Waals surface area contributed by atoms with Gasteiger partial charge in [-0.3, -0.25) is 0 Å². The Hall–Kier alpha value is -2.04. The lowest BCUT2D eigenvalue weighted by atomic mass is 10.3. The van der Waals surface area contributed by atoms with Gasteiger partial charge < -0.3 is 13.6 Å². The standard InChI is InChI=1S/C10H9NO4/c1-6-8(13-2)11-9(15-10(6)12)7-4-3-5-14-7/h3-5H,1-2H3. The maximum absolute atomic E-state index is 11.4. The van der Waals surface area contributed by atoms with E-state index in [9.17, 15) is 4.79 Å². The number of hydrogen-bond acceptors (Lipinski definition) is 5. The van der Waals surface area contributed by atoms with Crippen LogP contribution in [-0.2, 0) is 0 Å². The average molecular weight is 207 g/mol. The molecule has 0 aromatic carbocycles. The molecule has 0 spiro atoms. The minimum atomic E-state index is -0.478. The van der Waals surface area contributed by atoms with Crippen molar-refractivity contribution in [1.82, 2.24) is 4.98 Å². The number of furan rings is 1. The van der Waals surface area contributed by atoms with Crippen LogP contribution in [0.15, 0.2) is 32.0 Å². The lowest BCUT2D eigenvalue weighted by Crippen LogP contribution is -2.08. The summed E-state index contributed by atoms with van der Waals surface area (Å²) in [5.74, 6) is 0.760. The first-order valence-electron chi connectivity index (χ1n) is 4.32. The molecule has 15 heavy (non-hydrogen) atoms. The Morgan fingerprint density at radius 2 is 2.27 bits per heavy atom. The van der Waals surface area contributed by atoms with Crippen molar-refractivity contribution in [2.45, 2.75) is 6.92 Å². The third kappa shape index (κ3) is 1.63. The van der Waals surface area contributed by atoms with E-state index in [4.69, 9.17) is 13.6 Å². The van der Waals surface area contributed by atoms with Crippen LogP contribution in [0.2, 0.25) is 0 Å². The van der Waals surface area contributed by atoms with Gasteiger partial charge in [-0.05, 0) is 19.1 Å². The molecule has 0 fully saturated rings. The van der Waals surface area contributed by atoms with E-state index < -0.39 is 5.63 Å². The molecule has 0 atom stereocenters. The smallest absolute Gasteiger partial charge is 0.346 e. The first kappa shape index (κ1) is 9.51. The second-order valence-electron chi connectivity index (χ2n) is 2.92. The third-order valence-corrected chi connectivity index (χ3v) is 1.94. The average Bonchev–Trinajstić information content (AvgIpc) is 2.75. The van der Waals surface area contributed by atoms with Gasteiger partial charge in [0.1, 0.15) is 0 Å². The van der Waals surface area contributed by atoms with Crippen molar-refractivity contribution in [3.63, 3.8) is 0 Å². The minimum absolute atomic E-state index is 0.118. The Morgan fingerprint density at radius 1 is 1.47 bits per heavy atom. The largest absolute Gasteiger partial charge is 0.481 e. The van der Waals surface area contributed by atoms with Crippen molar-refractivity contribution in [3.8, 4) is 17.5 Å². The van der Waals surface area contributed by atoms with Gasteiger partial charge >= 0.3 is 5.63 Å². The first-order valence-corrected chi connectivity index (χ1v) is 4.32. The van der Waals surface area contributed by atoms with Gasteiger partial charge in [0.15, 0.2) is 5.76 Å². The molecule has 0 N–H and O–H groups in total. The molecule has 2 rings (SSSR count). The number of aromatic nitrogens is 1. The number of methoxy groups -OCH3 is 1. The molecule has 5 heteroatoms. The second-order valence-corrected chi connectivity index (χ2v) is 2.92. The summed E-state index contributed by atoms with van der Waals surface area (Å²) in [5, 5.41) is 0. The minimum Gasteiger partial charge on any atom is -0.481 e. The van der Waals surface area contributed by atoms with Crippen LogP contribution >= 0.6 is 0 Å². The molecular formula is C10H9NO4. The van der Waals surface area contributed by atoms with E-state index in [1.165, 1.54) is 13.4 Å². The summed E-state index contributed by atoms with van der Waals surface area (Å²) in [6, 6.07) is 3.34. The topological polar surface area (TPSA) is 65.5 Å². The summed E-state index contributed by atoms with van der Waals surface area (Å²) < 4.78 is 15.0. The molecule has 2 heterocycles. The molecule has 0 aliphatic heterocycles. The van der Waals surface area contributed by atoms with Gasteiger partial charge in [0, 0.05) is 0 Å². The molecule has 0 bridgehead atoms. The fourth-order valence-electron chi connectivity index (χ4n) is 1.15. The van der Waals surface area contributed by atoms with Crippen LogP contribution in [0.25, 0.3) is 11.7 Å². The summed E-state index contributed by atoms with van der Waals surface area (Å²) in [7, 11) is 1.45. The highest BCUT2D eigenvalue weighted by Crippen LogP contribution is 2.19. The zero-order valence-corrected chi connectivity index (χ0v) is 8.31. The molecule has 2 aromatic rings. The van der Waals surface area contributed by atoms with Gasteiger partial charge in [0.25, 0.3) is 5.89 Å². The molecule has 0 aliphatic rings. The van der Waals surface area contributed by atoms with Crippen molar-refractivity contribution < 1.29 is 13.6 Å². The summed E-state index contributed by atoms with van der Waals surface area (Å²) >= 11 is 0. The van der Waals surface area contributed by atoms with Gasteiger partial charge in [-0.15, -0.1) is 0 Å². The molecule has 0 unspecified atom stereocenters. The number of ether oxygens (including phenoxy) is 1. The highest BCUT2D eigenvalue weighted by Gasteiger charge is 2.13. The van der Waals surface area contributed by atoms with Gasteiger partial charge in [0.2, 0.25) is 5.88 Å². The normalized spacial score (nSPS) is 10.3. The van der Waals surface area contributed by atoms with Crippen molar-refractivity contribution in [3.05, 3.63) is 34.4 Å². The quantitative estimate of drug-likeness (QED) is 0.748. The van der Waals surface area contributed by atoms with E-state index in [-0.39, 0.29) is 11.8 Å². The highest BCUT2D eigenvalue weighted by atomic mass is 16.5. The van der Waals surface area contributed by atoms with Crippen LogP contribution in [0.5, 0.6) is 5.88 Å². The molecule has 0 amide bonds. The molecular weight excluding hydrogens is 198 g/mol.